The molecule has 2 aromatic rings. The van der Waals surface area contributed by atoms with Crippen LogP contribution in [0.1, 0.15) is 23.7 Å². The Morgan fingerprint density at radius 3 is 2.52 bits per heavy atom. The molecule has 0 aliphatic carbocycles. The van der Waals surface area contributed by atoms with E-state index in [4.69, 9.17) is 5.11 Å². The van der Waals surface area contributed by atoms with Crippen LogP contribution in [0.3, 0.4) is 0 Å². The number of carbonyl (C=O) groups is 1. The van der Waals surface area contributed by atoms with E-state index in [1.165, 1.54) is 0 Å². The average Bonchev–Trinajstić information content (AvgIpc) is 2.49. The van der Waals surface area contributed by atoms with Crippen molar-refractivity contribution in [1.82, 2.24) is 5.32 Å². The van der Waals surface area contributed by atoms with Crippen LogP contribution in [-0.2, 0) is 0 Å². The third-order valence-electron chi connectivity index (χ3n) is 3.04. The molecule has 2 rings (SSSR count). The standard InChI is InChI=1S/C17H19NO2S/c1-13(11-12-19)18-17(20)15-9-5-6-10-16(15)21-14-7-3-2-4-8-14/h2-10,13,19H,11-12H2,1H3,(H,18,20). The molecule has 4 heteroatoms. The number of benzene rings is 2. The summed E-state index contributed by atoms with van der Waals surface area (Å²) in [5, 5.41) is 11.8. The molecule has 2 aromatic carbocycles. The molecule has 2 N–H and O–H groups in total. The molecule has 0 aliphatic heterocycles. The second kappa shape index (κ2) is 7.86. The Balaban J connectivity index is 2.15. The summed E-state index contributed by atoms with van der Waals surface area (Å²) in [6.45, 7) is 1.96. The molecule has 0 saturated carbocycles. The molecule has 0 bridgehead atoms. The Labute approximate surface area is 129 Å². The van der Waals surface area contributed by atoms with Crippen molar-refractivity contribution in [3.8, 4) is 0 Å². The molecule has 1 amide bonds. The molecule has 1 unspecified atom stereocenters. The summed E-state index contributed by atoms with van der Waals surface area (Å²) >= 11 is 1.57. The molecular formula is C17H19NO2S. The molecule has 21 heavy (non-hydrogen) atoms. The largest absolute Gasteiger partial charge is 0.396 e. The van der Waals surface area contributed by atoms with Crippen LogP contribution in [0.5, 0.6) is 0 Å². The minimum atomic E-state index is -0.102. The fraction of sp³-hybridized carbons (Fsp3) is 0.235. The van der Waals surface area contributed by atoms with Gasteiger partial charge in [0.2, 0.25) is 0 Å². The molecule has 0 spiro atoms. The van der Waals surface area contributed by atoms with Gasteiger partial charge in [-0.25, -0.2) is 0 Å². The molecule has 0 saturated heterocycles. The average molecular weight is 301 g/mol. The summed E-state index contributed by atoms with van der Waals surface area (Å²) in [4.78, 5) is 14.4. The van der Waals surface area contributed by atoms with E-state index in [1.54, 1.807) is 11.8 Å². The van der Waals surface area contributed by atoms with Crippen LogP contribution in [0.15, 0.2) is 64.4 Å². The molecule has 0 aromatic heterocycles. The fourth-order valence-corrected chi connectivity index (χ4v) is 2.89. The number of aliphatic hydroxyl groups excluding tert-OH is 1. The number of rotatable bonds is 6. The van der Waals surface area contributed by atoms with Gasteiger partial charge in [-0.3, -0.25) is 4.79 Å². The van der Waals surface area contributed by atoms with Crippen molar-refractivity contribution in [2.75, 3.05) is 6.61 Å². The predicted octanol–water partition coefficient (Wildman–Crippen LogP) is 3.34. The maximum Gasteiger partial charge on any atom is 0.252 e. The lowest BCUT2D eigenvalue weighted by atomic mass is 10.2. The minimum absolute atomic E-state index is 0.0442. The smallest absolute Gasteiger partial charge is 0.252 e. The van der Waals surface area contributed by atoms with Gasteiger partial charge in [0.05, 0.1) is 5.56 Å². The highest BCUT2D eigenvalue weighted by molar-refractivity contribution is 7.99. The first-order chi connectivity index (χ1) is 10.2. The van der Waals surface area contributed by atoms with Crippen LogP contribution in [-0.4, -0.2) is 23.7 Å². The van der Waals surface area contributed by atoms with E-state index in [0.717, 1.165) is 9.79 Å². The molecule has 0 fully saturated rings. The maximum absolute atomic E-state index is 12.3. The highest BCUT2D eigenvalue weighted by Gasteiger charge is 2.13. The molecule has 0 aliphatic rings. The number of aliphatic hydroxyl groups is 1. The van der Waals surface area contributed by atoms with E-state index in [2.05, 4.69) is 5.32 Å². The summed E-state index contributed by atoms with van der Waals surface area (Å²) in [5.41, 5.74) is 0.663. The highest BCUT2D eigenvalue weighted by atomic mass is 32.2. The zero-order chi connectivity index (χ0) is 15.1. The Bertz CT molecular complexity index is 586. The normalized spacial score (nSPS) is 11.9. The van der Waals surface area contributed by atoms with Gasteiger partial charge in [0.25, 0.3) is 5.91 Å². The molecule has 110 valence electrons. The van der Waals surface area contributed by atoms with Crippen molar-refractivity contribution >= 4 is 17.7 Å². The monoisotopic (exact) mass is 301 g/mol. The molecule has 0 heterocycles. The lowest BCUT2D eigenvalue weighted by Crippen LogP contribution is -2.33. The van der Waals surface area contributed by atoms with Gasteiger partial charge in [-0.15, -0.1) is 0 Å². The van der Waals surface area contributed by atoms with Crippen molar-refractivity contribution in [1.29, 1.82) is 0 Å². The van der Waals surface area contributed by atoms with E-state index >= 15 is 0 Å². The van der Waals surface area contributed by atoms with Crippen LogP contribution in [0.2, 0.25) is 0 Å². The quantitative estimate of drug-likeness (QED) is 0.860. The van der Waals surface area contributed by atoms with Gasteiger partial charge in [-0.2, -0.15) is 0 Å². The first kappa shape index (κ1) is 15.6. The topological polar surface area (TPSA) is 49.3 Å². The Kier molecular flexibility index (Phi) is 5.84. The van der Waals surface area contributed by atoms with Crippen molar-refractivity contribution in [2.24, 2.45) is 0 Å². The lowest BCUT2D eigenvalue weighted by molar-refractivity contribution is 0.0931. The van der Waals surface area contributed by atoms with Crippen molar-refractivity contribution in [2.45, 2.75) is 29.2 Å². The second-order valence-corrected chi connectivity index (χ2v) is 5.91. The summed E-state index contributed by atoms with van der Waals surface area (Å²) < 4.78 is 0. The van der Waals surface area contributed by atoms with Crippen LogP contribution in [0.25, 0.3) is 0 Å². The third-order valence-corrected chi connectivity index (χ3v) is 4.13. The number of amides is 1. The van der Waals surface area contributed by atoms with Gasteiger partial charge in [-0.05, 0) is 37.6 Å². The SMILES string of the molecule is CC(CCO)NC(=O)c1ccccc1Sc1ccccc1. The number of carbonyl (C=O) groups excluding carboxylic acids is 1. The van der Waals surface area contributed by atoms with Crippen LogP contribution in [0, 0.1) is 0 Å². The minimum Gasteiger partial charge on any atom is -0.396 e. The highest BCUT2D eigenvalue weighted by Crippen LogP contribution is 2.30. The van der Waals surface area contributed by atoms with E-state index in [9.17, 15) is 4.79 Å². The summed E-state index contributed by atoms with van der Waals surface area (Å²) in [6.07, 6.45) is 0.555. The first-order valence-electron chi connectivity index (χ1n) is 6.94. The van der Waals surface area contributed by atoms with E-state index in [0.29, 0.717) is 12.0 Å². The number of hydrogen-bond acceptors (Lipinski definition) is 3. The summed E-state index contributed by atoms with van der Waals surface area (Å²) in [5.74, 6) is -0.102. The van der Waals surface area contributed by atoms with E-state index in [-0.39, 0.29) is 18.6 Å². The van der Waals surface area contributed by atoms with Gasteiger partial charge >= 0.3 is 0 Å². The Morgan fingerprint density at radius 2 is 1.81 bits per heavy atom. The molecule has 1 atom stereocenters. The first-order valence-corrected chi connectivity index (χ1v) is 7.76. The Hall–Kier alpha value is -1.78. The van der Waals surface area contributed by atoms with Crippen LogP contribution in [0.4, 0.5) is 0 Å². The fourth-order valence-electron chi connectivity index (χ4n) is 1.93. The van der Waals surface area contributed by atoms with Crippen molar-refractivity contribution < 1.29 is 9.90 Å². The second-order valence-electron chi connectivity index (χ2n) is 4.80. The van der Waals surface area contributed by atoms with Gasteiger partial charge in [0.1, 0.15) is 0 Å². The van der Waals surface area contributed by atoms with Gasteiger partial charge in [-0.1, -0.05) is 42.1 Å². The molecular weight excluding hydrogens is 282 g/mol. The maximum atomic E-state index is 12.3. The summed E-state index contributed by atoms with van der Waals surface area (Å²) in [6, 6.07) is 17.5. The number of hydrogen-bond donors (Lipinski definition) is 2. The van der Waals surface area contributed by atoms with Gasteiger partial charge in [0, 0.05) is 22.4 Å². The van der Waals surface area contributed by atoms with Gasteiger partial charge in [0.15, 0.2) is 0 Å². The van der Waals surface area contributed by atoms with E-state index in [1.807, 2.05) is 61.5 Å². The zero-order valence-electron chi connectivity index (χ0n) is 12.0. The van der Waals surface area contributed by atoms with Crippen LogP contribution >= 0.6 is 11.8 Å². The number of nitrogens with one attached hydrogen (secondary N) is 1. The van der Waals surface area contributed by atoms with Crippen molar-refractivity contribution in [3.63, 3.8) is 0 Å². The predicted molar refractivity (Wildman–Crippen MR) is 85.6 cm³/mol. The lowest BCUT2D eigenvalue weighted by Gasteiger charge is -2.14. The van der Waals surface area contributed by atoms with Crippen molar-refractivity contribution in [3.05, 3.63) is 60.2 Å². The molecule has 3 nitrogen and oxygen atoms in total. The zero-order valence-corrected chi connectivity index (χ0v) is 12.8. The van der Waals surface area contributed by atoms with Crippen LogP contribution < -0.4 is 5.32 Å². The third kappa shape index (κ3) is 4.62. The summed E-state index contributed by atoms with van der Waals surface area (Å²) in [7, 11) is 0. The van der Waals surface area contributed by atoms with Gasteiger partial charge < -0.3 is 10.4 Å². The van der Waals surface area contributed by atoms with E-state index < -0.39 is 0 Å². The Morgan fingerprint density at radius 1 is 1.14 bits per heavy atom. The molecule has 0 radical (unpaired) electrons.